The smallest absolute Gasteiger partial charge is 0.126 e. The Hall–Kier alpha value is -1.61. The van der Waals surface area contributed by atoms with Crippen molar-refractivity contribution in [1.82, 2.24) is 9.55 Å². The van der Waals surface area contributed by atoms with E-state index in [1.165, 1.54) is 44.1 Å². The second kappa shape index (κ2) is 9.51. The summed E-state index contributed by atoms with van der Waals surface area (Å²) in [6.07, 6.45) is 10.6. The lowest BCUT2D eigenvalue weighted by Gasteiger charge is -2.13. The number of hydrogen-bond acceptors (Lipinski definition) is 2. The lowest BCUT2D eigenvalue weighted by molar-refractivity contribution is 0.509. The molecule has 1 heterocycles. The SMILES string of the molecule is CCCCCCC(N)c1nc(-c2ccccc2)cn1CCCC. The number of aryl methyl sites for hydroxylation is 1. The third-order valence-electron chi connectivity index (χ3n) is 4.33. The average molecular weight is 313 g/mol. The van der Waals surface area contributed by atoms with Crippen LogP contribution in [0.15, 0.2) is 36.5 Å². The van der Waals surface area contributed by atoms with Crippen LogP contribution in [0.25, 0.3) is 11.3 Å². The van der Waals surface area contributed by atoms with Crippen molar-refractivity contribution in [2.45, 2.75) is 71.4 Å². The Bertz CT molecular complexity index is 560. The Kier molecular flexibility index (Phi) is 7.34. The average Bonchev–Trinajstić information content (AvgIpc) is 3.02. The Morgan fingerprint density at radius 3 is 2.43 bits per heavy atom. The molecule has 0 saturated carbocycles. The molecule has 0 aliphatic heterocycles. The summed E-state index contributed by atoms with van der Waals surface area (Å²) in [4.78, 5) is 4.87. The van der Waals surface area contributed by atoms with Crippen molar-refractivity contribution in [3.8, 4) is 11.3 Å². The minimum Gasteiger partial charge on any atom is -0.333 e. The Morgan fingerprint density at radius 2 is 1.74 bits per heavy atom. The highest BCUT2D eigenvalue weighted by molar-refractivity contribution is 5.58. The fourth-order valence-electron chi connectivity index (χ4n) is 2.90. The van der Waals surface area contributed by atoms with E-state index in [0.717, 1.165) is 24.5 Å². The summed E-state index contributed by atoms with van der Waals surface area (Å²) in [6.45, 7) is 5.47. The van der Waals surface area contributed by atoms with E-state index in [2.05, 4.69) is 48.9 Å². The van der Waals surface area contributed by atoms with Crippen LogP contribution in [0, 0.1) is 0 Å². The molecule has 3 nitrogen and oxygen atoms in total. The number of aromatic nitrogens is 2. The third kappa shape index (κ3) is 5.21. The summed E-state index contributed by atoms with van der Waals surface area (Å²) >= 11 is 0. The van der Waals surface area contributed by atoms with E-state index in [1.54, 1.807) is 0 Å². The first kappa shape index (κ1) is 17.7. The molecule has 23 heavy (non-hydrogen) atoms. The molecular weight excluding hydrogens is 282 g/mol. The van der Waals surface area contributed by atoms with E-state index in [9.17, 15) is 0 Å². The maximum atomic E-state index is 6.46. The van der Waals surface area contributed by atoms with E-state index in [1.807, 2.05) is 6.07 Å². The molecule has 3 heteroatoms. The molecule has 2 aromatic rings. The summed E-state index contributed by atoms with van der Waals surface area (Å²) in [6, 6.07) is 10.4. The number of hydrogen-bond donors (Lipinski definition) is 1. The van der Waals surface area contributed by atoms with E-state index >= 15 is 0 Å². The topological polar surface area (TPSA) is 43.8 Å². The van der Waals surface area contributed by atoms with Gasteiger partial charge < -0.3 is 10.3 Å². The molecule has 0 aliphatic carbocycles. The molecule has 0 fully saturated rings. The van der Waals surface area contributed by atoms with Gasteiger partial charge in [0.1, 0.15) is 5.82 Å². The first-order chi connectivity index (χ1) is 11.3. The van der Waals surface area contributed by atoms with Crippen LogP contribution in [0.4, 0.5) is 0 Å². The molecule has 2 N–H and O–H groups in total. The Labute approximate surface area is 140 Å². The maximum Gasteiger partial charge on any atom is 0.126 e. The summed E-state index contributed by atoms with van der Waals surface area (Å²) < 4.78 is 2.27. The second-order valence-corrected chi connectivity index (χ2v) is 6.35. The zero-order chi connectivity index (χ0) is 16.5. The van der Waals surface area contributed by atoms with Crippen molar-refractivity contribution in [2.24, 2.45) is 5.73 Å². The van der Waals surface area contributed by atoms with Gasteiger partial charge in [0.25, 0.3) is 0 Å². The standard InChI is InChI=1S/C20H31N3/c1-3-5-7-11-14-18(21)20-22-19(16-23(20)15-6-4-2)17-12-9-8-10-13-17/h8-10,12-13,16,18H,3-7,11,14-15,21H2,1-2H3. The zero-order valence-corrected chi connectivity index (χ0v) is 14.7. The van der Waals surface area contributed by atoms with Crippen molar-refractivity contribution < 1.29 is 0 Å². The number of unbranched alkanes of at least 4 members (excludes halogenated alkanes) is 4. The second-order valence-electron chi connectivity index (χ2n) is 6.35. The fraction of sp³-hybridized carbons (Fsp3) is 0.550. The summed E-state index contributed by atoms with van der Waals surface area (Å²) in [5.74, 6) is 1.05. The molecule has 1 aromatic carbocycles. The van der Waals surface area contributed by atoms with Gasteiger partial charge in [0.05, 0.1) is 11.7 Å². The van der Waals surface area contributed by atoms with E-state index in [4.69, 9.17) is 10.7 Å². The minimum atomic E-state index is 0.0428. The van der Waals surface area contributed by atoms with Crippen LogP contribution in [-0.2, 0) is 6.54 Å². The number of nitrogens with zero attached hydrogens (tertiary/aromatic N) is 2. The van der Waals surface area contributed by atoms with Gasteiger partial charge >= 0.3 is 0 Å². The van der Waals surface area contributed by atoms with Gasteiger partial charge in [-0.3, -0.25) is 0 Å². The van der Waals surface area contributed by atoms with Gasteiger partial charge in [-0.2, -0.15) is 0 Å². The van der Waals surface area contributed by atoms with Crippen LogP contribution in [0.3, 0.4) is 0 Å². The highest BCUT2D eigenvalue weighted by Crippen LogP contribution is 2.24. The predicted molar refractivity (Wildman–Crippen MR) is 98.3 cm³/mol. The van der Waals surface area contributed by atoms with Gasteiger partial charge in [-0.05, 0) is 12.8 Å². The first-order valence-electron chi connectivity index (χ1n) is 9.14. The fourth-order valence-corrected chi connectivity index (χ4v) is 2.90. The molecule has 0 radical (unpaired) electrons. The van der Waals surface area contributed by atoms with Gasteiger partial charge in [0.15, 0.2) is 0 Å². The quantitative estimate of drug-likeness (QED) is 0.603. The van der Waals surface area contributed by atoms with Crippen LogP contribution in [0.1, 0.15) is 70.7 Å². The monoisotopic (exact) mass is 313 g/mol. The van der Waals surface area contributed by atoms with Gasteiger partial charge in [0, 0.05) is 18.3 Å². The number of benzene rings is 1. The van der Waals surface area contributed by atoms with Crippen LogP contribution >= 0.6 is 0 Å². The lowest BCUT2D eigenvalue weighted by Crippen LogP contribution is -2.16. The number of rotatable bonds is 10. The predicted octanol–water partition coefficient (Wildman–Crippen LogP) is 5.32. The van der Waals surface area contributed by atoms with E-state index in [-0.39, 0.29) is 6.04 Å². The summed E-state index contributed by atoms with van der Waals surface area (Å²) in [5, 5.41) is 0. The molecule has 0 aliphatic rings. The van der Waals surface area contributed by atoms with Gasteiger partial charge in [-0.1, -0.05) is 76.3 Å². The van der Waals surface area contributed by atoms with Crippen LogP contribution in [0.2, 0.25) is 0 Å². The molecule has 0 amide bonds. The number of nitrogens with two attached hydrogens (primary N) is 1. The summed E-state index contributed by atoms with van der Waals surface area (Å²) in [5.41, 5.74) is 8.67. The Morgan fingerprint density at radius 1 is 1.00 bits per heavy atom. The molecule has 0 saturated heterocycles. The van der Waals surface area contributed by atoms with Crippen molar-refractivity contribution in [3.05, 3.63) is 42.4 Å². The van der Waals surface area contributed by atoms with Crippen LogP contribution in [-0.4, -0.2) is 9.55 Å². The third-order valence-corrected chi connectivity index (χ3v) is 4.33. The maximum absolute atomic E-state index is 6.46. The normalized spacial score (nSPS) is 12.5. The summed E-state index contributed by atoms with van der Waals surface area (Å²) in [7, 11) is 0. The van der Waals surface area contributed by atoms with Gasteiger partial charge in [0.2, 0.25) is 0 Å². The molecule has 2 rings (SSSR count). The molecule has 0 bridgehead atoms. The van der Waals surface area contributed by atoms with Crippen LogP contribution in [0.5, 0.6) is 0 Å². The highest BCUT2D eigenvalue weighted by Gasteiger charge is 2.15. The number of imidazole rings is 1. The molecule has 1 unspecified atom stereocenters. The largest absolute Gasteiger partial charge is 0.333 e. The van der Waals surface area contributed by atoms with Crippen LogP contribution < -0.4 is 5.73 Å². The molecule has 126 valence electrons. The van der Waals surface area contributed by atoms with Gasteiger partial charge in [-0.25, -0.2) is 4.98 Å². The van der Waals surface area contributed by atoms with Gasteiger partial charge in [-0.15, -0.1) is 0 Å². The van der Waals surface area contributed by atoms with E-state index < -0.39 is 0 Å². The minimum absolute atomic E-state index is 0.0428. The van der Waals surface area contributed by atoms with Crippen molar-refractivity contribution in [3.63, 3.8) is 0 Å². The Balaban J connectivity index is 2.13. The van der Waals surface area contributed by atoms with Crippen molar-refractivity contribution >= 4 is 0 Å². The van der Waals surface area contributed by atoms with E-state index in [0.29, 0.717) is 0 Å². The molecular formula is C20H31N3. The van der Waals surface area contributed by atoms with Crippen molar-refractivity contribution in [1.29, 1.82) is 0 Å². The molecule has 1 aromatic heterocycles. The molecule has 0 spiro atoms. The lowest BCUT2D eigenvalue weighted by atomic mass is 10.1. The highest BCUT2D eigenvalue weighted by atomic mass is 15.1. The first-order valence-corrected chi connectivity index (χ1v) is 9.14. The van der Waals surface area contributed by atoms with Crippen molar-refractivity contribution in [2.75, 3.05) is 0 Å². The zero-order valence-electron chi connectivity index (χ0n) is 14.7. The molecule has 1 atom stereocenters.